The van der Waals surface area contributed by atoms with Crippen LogP contribution in [0.4, 0.5) is 35.9 Å². The van der Waals surface area contributed by atoms with Crippen LogP contribution in [-0.2, 0) is 13.2 Å². The number of Topliss-reactive ketones (excluding diaryl/α,β-unsaturated/α-hetero) is 1. The Balaban J connectivity index is 0.000000151. The molecule has 378 valence electrons. The summed E-state index contributed by atoms with van der Waals surface area (Å²) in [5.41, 5.74) is 16.2. The number of aromatic hydroxyl groups is 1. The van der Waals surface area contributed by atoms with Gasteiger partial charge < -0.3 is 41.4 Å². The minimum Gasteiger partial charge on any atom is -0.506 e. The molecular formula is C53H43Br3Cl3F3N6O5. The number of nitrogen functional groups attached to an aromatic ring is 2. The molecule has 11 nitrogen and oxygen atoms in total. The lowest BCUT2D eigenvalue weighted by molar-refractivity contribution is -0.141. The van der Waals surface area contributed by atoms with Gasteiger partial charge in [-0.3, -0.25) is 9.48 Å². The van der Waals surface area contributed by atoms with Crippen molar-refractivity contribution in [2.45, 2.75) is 18.3 Å². The summed E-state index contributed by atoms with van der Waals surface area (Å²) < 4.78 is 59.6. The third-order valence-electron chi connectivity index (χ3n) is 10.9. The zero-order valence-corrected chi connectivity index (χ0v) is 45.3. The number of halogens is 9. The smallest absolute Gasteiger partial charge is 0.435 e. The first kappa shape index (κ1) is 54.7. The van der Waals surface area contributed by atoms with Crippen LogP contribution in [0.2, 0.25) is 15.1 Å². The number of hydrogen-bond acceptors (Lipinski definition) is 10. The quantitative estimate of drug-likeness (QED) is 0.0591. The van der Waals surface area contributed by atoms with Crippen molar-refractivity contribution in [2.75, 3.05) is 41.9 Å². The number of carbonyl (C=O) groups excluding carboxylic acids is 1. The zero-order chi connectivity index (χ0) is 52.4. The van der Waals surface area contributed by atoms with Crippen LogP contribution in [0.5, 0.6) is 23.0 Å². The zero-order valence-electron chi connectivity index (χ0n) is 38.2. The van der Waals surface area contributed by atoms with E-state index < -0.39 is 11.9 Å². The predicted molar refractivity (Wildman–Crippen MR) is 294 cm³/mol. The monoisotopic (exact) mass is 1240 g/mol. The van der Waals surface area contributed by atoms with Gasteiger partial charge in [-0.15, -0.1) is 0 Å². The molecule has 0 amide bonds. The van der Waals surface area contributed by atoms with Crippen LogP contribution in [0.25, 0.3) is 11.3 Å². The molecule has 0 radical (unpaired) electrons. The third-order valence-corrected chi connectivity index (χ3v) is 13.4. The number of benzene rings is 7. The summed E-state index contributed by atoms with van der Waals surface area (Å²) in [5.74, 6) is 1.84. The molecule has 7 aromatic carbocycles. The number of nitrogens with one attached hydrogen (secondary N) is 2. The van der Waals surface area contributed by atoms with E-state index in [0.717, 1.165) is 52.8 Å². The van der Waals surface area contributed by atoms with Gasteiger partial charge >= 0.3 is 6.18 Å². The molecule has 0 spiro atoms. The van der Waals surface area contributed by atoms with Gasteiger partial charge in [0.2, 0.25) is 5.78 Å². The molecule has 0 saturated carbocycles. The van der Waals surface area contributed by atoms with Crippen molar-refractivity contribution in [1.29, 1.82) is 0 Å². The number of aryl methyl sites for hydroxylation is 1. The molecule has 8 aromatic rings. The lowest BCUT2D eigenvalue weighted by Crippen LogP contribution is -2.24. The summed E-state index contributed by atoms with van der Waals surface area (Å²) in [5, 5.41) is 21.1. The Morgan fingerprint density at radius 2 is 1.21 bits per heavy atom. The highest BCUT2D eigenvalue weighted by Gasteiger charge is 2.35. The number of phenols is 1. The number of nitrogens with zero attached hydrogens (tertiary/aromatic N) is 2. The molecule has 2 atom stereocenters. The van der Waals surface area contributed by atoms with E-state index >= 15 is 0 Å². The average molecular weight is 1250 g/mol. The SMILES string of the molecule is Clc1ccccc1C1COc2cc(Br)ccc2N1.Cn1nc(C(F)(F)F)cc1-c1ccc2c(c1)OCC(c1ccccc1Cl)N2.Nc1ccc(Br)cc1O.Nc1ccc(Br)cc1OCC(=O)c1ccccc1Cl. The number of phenolic OH excluding ortho intramolecular Hbond substituents is 1. The van der Waals surface area contributed by atoms with Crippen molar-refractivity contribution in [1.82, 2.24) is 9.78 Å². The summed E-state index contributed by atoms with van der Waals surface area (Å²) in [7, 11) is 1.48. The van der Waals surface area contributed by atoms with E-state index in [0.29, 0.717) is 63.0 Å². The van der Waals surface area contributed by atoms with Gasteiger partial charge in [0.25, 0.3) is 0 Å². The Morgan fingerprint density at radius 1 is 0.699 bits per heavy atom. The van der Waals surface area contributed by atoms with Gasteiger partial charge in [0.1, 0.15) is 36.2 Å². The van der Waals surface area contributed by atoms with E-state index in [2.05, 4.69) is 63.5 Å². The van der Waals surface area contributed by atoms with Crippen LogP contribution >= 0.6 is 82.6 Å². The topological polar surface area (TPSA) is 159 Å². The van der Waals surface area contributed by atoms with Crippen LogP contribution in [0.1, 0.15) is 39.3 Å². The fraction of sp³-hybridized carbons (Fsp3) is 0.132. The Hall–Kier alpha value is -6.08. The Kier molecular flexibility index (Phi) is 18.6. The molecule has 0 fully saturated rings. The fourth-order valence-electron chi connectivity index (χ4n) is 7.24. The molecular weight excluding hydrogens is 1200 g/mol. The Labute approximate surface area is 458 Å². The van der Waals surface area contributed by atoms with Crippen molar-refractivity contribution in [3.05, 3.63) is 203 Å². The van der Waals surface area contributed by atoms with E-state index in [1.54, 1.807) is 78.9 Å². The molecule has 2 aliphatic heterocycles. The molecule has 1 aromatic heterocycles. The summed E-state index contributed by atoms with van der Waals surface area (Å²) >= 11 is 28.3. The Bertz CT molecular complexity index is 3240. The van der Waals surface area contributed by atoms with E-state index in [4.69, 9.17) is 65.6 Å². The van der Waals surface area contributed by atoms with Crippen molar-refractivity contribution < 1.29 is 37.3 Å². The van der Waals surface area contributed by atoms with Crippen LogP contribution in [-0.4, -0.2) is 40.5 Å². The predicted octanol–water partition coefficient (Wildman–Crippen LogP) is 15.6. The minimum absolute atomic E-state index is 0.0902. The van der Waals surface area contributed by atoms with Gasteiger partial charge in [-0.25, -0.2) is 0 Å². The number of nitrogens with two attached hydrogens (primary N) is 2. The lowest BCUT2D eigenvalue weighted by Gasteiger charge is -2.28. The molecule has 0 saturated heterocycles. The molecule has 0 bridgehead atoms. The number of carbonyl (C=O) groups is 1. The van der Waals surface area contributed by atoms with Gasteiger partial charge in [-0.05, 0) is 108 Å². The van der Waals surface area contributed by atoms with Crippen molar-refractivity contribution >= 4 is 111 Å². The summed E-state index contributed by atoms with van der Waals surface area (Å²) in [6, 6.07) is 44.6. The molecule has 10 rings (SSSR count). The lowest BCUT2D eigenvalue weighted by atomic mass is 10.0. The second-order valence-electron chi connectivity index (χ2n) is 16.0. The highest BCUT2D eigenvalue weighted by atomic mass is 79.9. The standard InChI is InChI=1S/C19H15ClF3N3O.C14H11BrClNO2.C14H11BrClNO.C6H6BrNO/c1-26-16(9-18(25-26)19(21,22)23)11-6-7-14-17(8-11)27-10-15(24-14)12-4-2-3-5-13(12)20;15-9-5-6-12(17)14(7-9)19-8-13(18)10-3-1-2-4-11(10)16;15-9-5-6-12-14(7-9)18-8-13(17-12)10-3-1-2-4-11(10)16;7-4-1-2-5(8)6(9)3-4/h2-9,15,24H,10H2,1H3;1-7H,8,17H2;1-7,13,17H,8H2;1-3,9H,8H2. The van der Waals surface area contributed by atoms with E-state index in [1.165, 1.54) is 11.7 Å². The van der Waals surface area contributed by atoms with Crippen molar-refractivity contribution in [3.8, 4) is 34.3 Å². The Morgan fingerprint density at radius 3 is 1.75 bits per heavy atom. The van der Waals surface area contributed by atoms with Crippen LogP contribution in [0, 0.1) is 0 Å². The van der Waals surface area contributed by atoms with Crippen molar-refractivity contribution in [2.24, 2.45) is 7.05 Å². The maximum absolute atomic E-state index is 12.9. The van der Waals surface area contributed by atoms with Crippen molar-refractivity contribution in [3.63, 3.8) is 0 Å². The number of anilines is 4. The molecule has 7 N–H and O–H groups in total. The van der Waals surface area contributed by atoms with Gasteiger partial charge in [-0.2, -0.15) is 18.3 Å². The van der Waals surface area contributed by atoms with Gasteiger partial charge in [0, 0.05) is 41.6 Å². The molecule has 3 heterocycles. The fourth-order valence-corrected chi connectivity index (χ4v) is 9.05. The van der Waals surface area contributed by atoms with E-state index in [-0.39, 0.29) is 30.2 Å². The first-order valence-corrected chi connectivity index (χ1v) is 25.4. The minimum atomic E-state index is -4.48. The maximum atomic E-state index is 12.9. The summed E-state index contributed by atoms with van der Waals surface area (Å²) in [4.78, 5) is 12.0. The number of hydrogen-bond donors (Lipinski definition) is 5. The largest absolute Gasteiger partial charge is 0.506 e. The van der Waals surface area contributed by atoms with Gasteiger partial charge in [-0.1, -0.05) is 137 Å². The highest BCUT2D eigenvalue weighted by Crippen LogP contribution is 2.40. The number of rotatable bonds is 7. The maximum Gasteiger partial charge on any atom is 0.435 e. The van der Waals surface area contributed by atoms with Crippen LogP contribution in [0.3, 0.4) is 0 Å². The van der Waals surface area contributed by atoms with E-state index in [9.17, 15) is 18.0 Å². The first-order chi connectivity index (χ1) is 34.8. The number of ketones is 1. The number of fused-ring (bicyclic) bond motifs is 2. The number of ether oxygens (including phenoxy) is 3. The summed E-state index contributed by atoms with van der Waals surface area (Å²) in [6.07, 6.45) is -4.48. The second-order valence-corrected chi connectivity index (χ2v) is 20.0. The van der Waals surface area contributed by atoms with Crippen LogP contribution < -0.4 is 36.3 Å². The molecule has 73 heavy (non-hydrogen) atoms. The third kappa shape index (κ3) is 14.6. The van der Waals surface area contributed by atoms with Gasteiger partial charge in [0.05, 0.1) is 45.5 Å². The summed E-state index contributed by atoms with van der Waals surface area (Å²) in [6.45, 7) is 0.830. The van der Waals surface area contributed by atoms with Gasteiger partial charge in [0.15, 0.2) is 12.3 Å². The molecule has 2 unspecified atom stereocenters. The normalized spacial score (nSPS) is 14.2. The molecule has 0 aliphatic carbocycles. The molecule has 2 aliphatic rings. The first-order valence-electron chi connectivity index (χ1n) is 21.9. The number of aromatic nitrogens is 2. The molecule has 20 heteroatoms. The number of alkyl halides is 3. The van der Waals surface area contributed by atoms with E-state index in [1.807, 2.05) is 66.7 Å². The second kappa shape index (κ2) is 24.8. The average Bonchev–Trinajstić information content (AvgIpc) is 3.78. The highest BCUT2D eigenvalue weighted by molar-refractivity contribution is 9.11. The van der Waals surface area contributed by atoms with Crippen LogP contribution in [0.15, 0.2) is 165 Å².